The van der Waals surface area contributed by atoms with Gasteiger partial charge in [0.25, 0.3) is 0 Å². The second kappa shape index (κ2) is 4.54. The van der Waals surface area contributed by atoms with Crippen molar-refractivity contribution in [2.75, 3.05) is 13.1 Å². The fourth-order valence-electron chi connectivity index (χ4n) is 2.70. The Kier molecular flexibility index (Phi) is 3.32. The van der Waals surface area contributed by atoms with Crippen LogP contribution < -0.4 is 0 Å². The molecule has 1 amide bonds. The van der Waals surface area contributed by atoms with Gasteiger partial charge in [0.2, 0.25) is 5.91 Å². The second-order valence-corrected chi connectivity index (χ2v) is 5.53. The Morgan fingerprint density at radius 3 is 2.13 bits per heavy atom. The molecule has 1 heterocycles. The minimum Gasteiger partial charge on any atom is -0.342 e. The summed E-state index contributed by atoms with van der Waals surface area (Å²) < 4.78 is 0. The van der Waals surface area contributed by atoms with Gasteiger partial charge in [-0.15, -0.1) is 0 Å². The van der Waals surface area contributed by atoms with Gasteiger partial charge in [-0.05, 0) is 37.5 Å². The van der Waals surface area contributed by atoms with Crippen molar-refractivity contribution in [3.8, 4) is 0 Å². The van der Waals surface area contributed by atoms with E-state index in [-0.39, 0.29) is 0 Å². The molecule has 0 aromatic carbocycles. The molecule has 0 bridgehead atoms. The van der Waals surface area contributed by atoms with E-state index in [1.165, 1.54) is 19.3 Å². The van der Waals surface area contributed by atoms with Gasteiger partial charge in [-0.3, -0.25) is 4.79 Å². The van der Waals surface area contributed by atoms with Gasteiger partial charge in [0.1, 0.15) is 0 Å². The third-order valence-electron chi connectivity index (χ3n) is 4.25. The average molecular weight is 209 g/mol. The summed E-state index contributed by atoms with van der Waals surface area (Å²) in [6, 6.07) is 0. The zero-order chi connectivity index (χ0) is 10.8. The lowest BCUT2D eigenvalue weighted by molar-refractivity contribution is -0.139. The molecule has 1 saturated carbocycles. The molecule has 0 aromatic heterocycles. The summed E-state index contributed by atoms with van der Waals surface area (Å²) in [5, 5.41) is 0. The highest BCUT2D eigenvalue weighted by atomic mass is 16.2. The molecule has 1 aliphatic carbocycles. The maximum atomic E-state index is 12.0. The Bertz CT molecular complexity index is 225. The van der Waals surface area contributed by atoms with E-state index in [9.17, 15) is 4.79 Å². The van der Waals surface area contributed by atoms with E-state index in [4.69, 9.17) is 0 Å². The molecular formula is C13H23NO. The van der Waals surface area contributed by atoms with Crippen LogP contribution in [0.3, 0.4) is 0 Å². The van der Waals surface area contributed by atoms with E-state index in [1.54, 1.807) is 0 Å². The lowest BCUT2D eigenvalue weighted by atomic mass is 9.82. The number of piperidine rings is 1. The lowest BCUT2D eigenvalue weighted by Crippen LogP contribution is -2.44. The molecule has 0 unspecified atom stereocenters. The van der Waals surface area contributed by atoms with Crippen molar-refractivity contribution in [2.24, 2.45) is 17.8 Å². The van der Waals surface area contributed by atoms with Crippen LogP contribution in [0.2, 0.25) is 0 Å². The average Bonchev–Trinajstić information content (AvgIpc) is 2.15. The molecule has 0 atom stereocenters. The fraction of sp³-hybridized carbons (Fsp3) is 0.923. The van der Waals surface area contributed by atoms with Crippen LogP contribution in [-0.2, 0) is 4.79 Å². The largest absolute Gasteiger partial charge is 0.342 e. The van der Waals surface area contributed by atoms with Crippen molar-refractivity contribution in [1.29, 1.82) is 0 Å². The van der Waals surface area contributed by atoms with Crippen LogP contribution in [0.25, 0.3) is 0 Å². The highest BCUT2D eigenvalue weighted by Crippen LogP contribution is 2.31. The Hall–Kier alpha value is -0.530. The summed E-state index contributed by atoms with van der Waals surface area (Å²) in [5.74, 6) is 2.46. The van der Waals surface area contributed by atoms with Gasteiger partial charge in [-0.2, -0.15) is 0 Å². The molecule has 2 aliphatic rings. The van der Waals surface area contributed by atoms with Crippen LogP contribution in [0.1, 0.15) is 46.0 Å². The molecular weight excluding hydrogens is 186 g/mol. The van der Waals surface area contributed by atoms with Gasteiger partial charge in [0.05, 0.1) is 0 Å². The van der Waals surface area contributed by atoms with Crippen molar-refractivity contribution >= 4 is 5.91 Å². The zero-order valence-electron chi connectivity index (χ0n) is 10.0. The molecule has 2 nitrogen and oxygen atoms in total. The van der Waals surface area contributed by atoms with Crippen LogP contribution in [0, 0.1) is 17.8 Å². The summed E-state index contributed by atoms with van der Waals surface area (Å²) in [5.41, 5.74) is 0. The van der Waals surface area contributed by atoms with Gasteiger partial charge in [-0.25, -0.2) is 0 Å². The summed E-state index contributed by atoms with van der Waals surface area (Å²) in [6.07, 6.45) is 5.98. The summed E-state index contributed by atoms with van der Waals surface area (Å²) in [6.45, 7) is 6.62. The topological polar surface area (TPSA) is 20.3 Å². The van der Waals surface area contributed by atoms with E-state index in [0.717, 1.165) is 37.8 Å². The van der Waals surface area contributed by atoms with E-state index < -0.39 is 0 Å². The third kappa shape index (κ3) is 2.35. The smallest absolute Gasteiger partial charge is 0.225 e. The van der Waals surface area contributed by atoms with E-state index in [1.807, 2.05) is 0 Å². The Morgan fingerprint density at radius 2 is 1.73 bits per heavy atom. The van der Waals surface area contributed by atoms with Crippen LogP contribution in [0.5, 0.6) is 0 Å². The van der Waals surface area contributed by atoms with Gasteiger partial charge in [-0.1, -0.05) is 20.3 Å². The highest BCUT2D eigenvalue weighted by Gasteiger charge is 2.31. The maximum Gasteiger partial charge on any atom is 0.225 e. The predicted molar refractivity (Wildman–Crippen MR) is 61.5 cm³/mol. The number of amides is 1. The Labute approximate surface area is 93.0 Å². The summed E-state index contributed by atoms with van der Waals surface area (Å²) in [7, 11) is 0. The first-order valence-electron chi connectivity index (χ1n) is 6.47. The zero-order valence-corrected chi connectivity index (χ0v) is 10.0. The Morgan fingerprint density at radius 1 is 1.13 bits per heavy atom. The fourth-order valence-corrected chi connectivity index (χ4v) is 2.70. The molecule has 0 aromatic rings. The minimum atomic E-state index is 0.389. The third-order valence-corrected chi connectivity index (χ3v) is 4.25. The van der Waals surface area contributed by atoms with E-state index in [2.05, 4.69) is 18.7 Å². The van der Waals surface area contributed by atoms with E-state index >= 15 is 0 Å². The monoisotopic (exact) mass is 209 g/mol. The SMILES string of the molecule is CC(C)C1CCN(C(=O)C2CCC2)CC1. The molecule has 2 rings (SSSR count). The second-order valence-electron chi connectivity index (χ2n) is 5.53. The normalized spacial score (nSPS) is 24.3. The summed E-state index contributed by atoms with van der Waals surface area (Å²) in [4.78, 5) is 14.1. The number of hydrogen-bond donors (Lipinski definition) is 0. The van der Waals surface area contributed by atoms with Crippen LogP contribution in [0.15, 0.2) is 0 Å². The number of hydrogen-bond acceptors (Lipinski definition) is 1. The minimum absolute atomic E-state index is 0.389. The van der Waals surface area contributed by atoms with Crippen LogP contribution >= 0.6 is 0 Å². The number of carbonyl (C=O) groups is 1. The van der Waals surface area contributed by atoms with Crippen molar-refractivity contribution in [2.45, 2.75) is 46.0 Å². The van der Waals surface area contributed by atoms with Gasteiger partial charge in [0.15, 0.2) is 0 Å². The summed E-state index contributed by atoms with van der Waals surface area (Å²) >= 11 is 0. The van der Waals surface area contributed by atoms with Gasteiger partial charge < -0.3 is 4.90 Å². The van der Waals surface area contributed by atoms with Crippen LogP contribution in [-0.4, -0.2) is 23.9 Å². The quantitative estimate of drug-likeness (QED) is 0.684. The van der Waals surface area contributed by atoms with E-state index in [0.29, 0.717) is 11.8 Å². The highest BCUT2D eigenvalue weighted by molar-refractivity contribution is 5.79. The van der Waals surface area contributed by atoms with Crippen molar-refractivity contribution < 1.29 is 4.79 Å². The molecule has 86 valence electrons. The first kappa shape index (κ1) is 11.0. The van der Waals surface area contributed by atoms with Gasteiger partial charge in [0, 0.05) is 19.0 Å². The predicted octanol–water partition coefficient (Wildman–Crippen LogP) is 2.68. The maximum absolute atomic E-state index is 12.0. The number of likely N-dealkylation sites (tertiary alicyclic amines) is 1. The number of rotatable bonds is 2. The van der Waals surface area contributed by atoms with Crippen molar-refractivity contribution in [3.05, 3.63) is 0 Å². The molecule has 1 aliphatic heterocycles. The first-order valence-corrected chi connectivity index (χ1v) is 6.47. The standard InChI is InChI=1S/C13H23NO/c1-10(2)11-6-8-14(9-7-11)13(15)12-4-3-5-12/h10-12H,3-9H2,1-2H3. The number of carbonyl (C=O) groups excluding carboxylic acids is 1. The molecule has 0 N–H and O–H groups in total. The Balaban J connectivity index is 1.79. The molecule has 0 spiro atoms. The molecule has 0 radical (unpaired) electrons. The van der Waals surface area contributed by atoms with Crippen LogP contribution in [0.4, 0.5) is 0 Å². The number of nitrogens with zero attached hydrogens (tertiary/aromatic N) is 1. The molecule has 15 heavy (non-hydrogen) atoms. The van der Waals surface area contributed by atoms with Crippen molar-refractivity contribution in [3.63, 3.8) is 0 Å². The first-order chi connectivity index (χ1) is 7.18. The molecule has 2 heteroatoms. The van der Waals surface area contributed by atoms with Gasteiger partial charge >= 0.3 is 0 Å². The molecule has 1 saturated heterocycles. The molecule has 2 fully saturated rings. The van der Waals surface area contributed by atoms with Crippen molar-refractivity contribution in [1.82, 2.24) is 4.90 Å². The lowest BCUT2D eigenvalue weighted by Gasteiger charge is -2.37.